The van der Waals surface area contributed by atoms with Crippen LogP contribution < -0.4 is 5.32 Å². The Morgan fingerprint density at radius 3 is 2.33 bits per heavy atom. The van der Waals surface area contributed by atoms with Crippen LogP contribution in [-0.4, -0.2) is 36.3 Å². The van der Waals surface area contributed by atoms with E-state index in [9.17, 15) is 4.79 Å². The van der Waals surface area contributed by atoms with Crippen molar-refractivity contribution in [3.05, 3.63) is 0 Å². The van der Waals surface area contributed by atoms with Crippen LogP contribution in [0.25, 0.3) is 0 Å². The van der Waals surface area contributed by atoms with Gasteiger partial charge in [0.1, 0.15) is 5.24 Å². The molecule has 1 aliphatic heterocycles. The Labute approximate surface area is 59.8 Å². The van der Waals surface area contributed by atoms with Crippen molar-refractivity contribution in [2.24, 2.45) is 0 Å². The first-order valence-corrected chi connectivity index (χ1v) is 3.38. The van der Waals surface area contributed by atoms with Crippen LogP contribution >= 0.6 is 0 Å². The summed E-state index contributed by atoms with van der Waals surface area (Å²) in [5.74, 6) is 0. The molecule has 1 amide bonds. The fraction of sp³-hybridized carbons (Fsp3) is 0.800. The van der Waals surface area contributed by atoms with Crippen LogP contribution in [0.3, 0.4) is 0 Å². The monoisotopic (exact) mass is 145 g/mol. The third-order valence-electron chi connectivity index (χ3n) is 1.38. The minimum absolute atomic E-state index is 0.225. The van der Waals surface area contributed by atoms with E-state index in [1.807, 2.05) is 0 Å². The molecule has 0 aromatic carbocycles. The molecule has 0 spiro atoms. The Hall–Kier alpha value is -0.350. The molecule has 3 nitrogen and oxygen atoms in total. The van der Waals surface area contributed by atoms with E-state index in [0.29, 0.717) is 0 Å². The maximum atomic E-state index is 10.5. The Balaban J connectivity index is 2.31. The highest BCUT2D eigenvalue weighted by atomic mass is 32.1. The molecule has 1 saturated heterocycles. The van der Waals surface area contributed by atoms with Gasteiger partial charge in [0.05, 0.1) is 0 Å². The van der Waals surface area contributed by atoms with Gasteiger partial charge in [-0.15, -0.1) is 0 Å². The van der Waals surface area contributed by atoms with Crippen molar-refractivity contribution in [3.63, 3.8) is 0 Å². The second-order valence-corrected chi connectivity index (χ2v) is 2.35. The third kappa shape index (κ3) is 1.80. The van der Waals surface area contributed by atoms with Crippen LogP contribution in [0, 0.1) is 0 Å². The minimum Gasteiger partial charge on any atom is -0.719 e. The molecule has 1 aliphatic rings. The van der Waals surface area contributed by atoms with Crippen LogP contribution in [-0.2, 0) is 12.6 Å². The molecule has 0 unspecified atom stereocenters. The van der Waals surface area contributed by atoms with Gasteiger partial charge in [0.2, 0.25) is 0 Å². The molecule has 0 aliphatic carbocycles. The van der Waals surface area contributed by atoms with Gasteiger partial charge in [0.25, 0.3) is 0 Å². The van der Waals surface area contributed by atoms with E-state index in [1.54, 1.807) is 4.90 Å². The zero-order valence-electron chi connectivity index (χ0n) is 5.09. The predicted molar refractivity (Wildman–Crippen MR) is 37.2 cm³/mol. The molecule has 9 heavy (non-hydrogen) atoms. The third-order valence-corrected chi connectivity index (χ3v) is 1.63. The summed E-state index contributed by atoms with van der Waals surface area (Å²) in [6.07, 6.45) is 0. The molecule has 1 heterocycles. The molecule has 1 rings (SSSR count). The van der Waals surface area contributed by atoms with Gasteiger partial charge in [-0.3, -0.25) is 0 Å². The zero-order chi connectivity index (χ0) is 6.69. The summed E-state index contributed by atoms with van der Waals surface area (Å²) in [6.45, 7) is 3.29. The first kappa shape index (κ1) is 6.77. The SMILES string of the molecule is O=C([S-])N1CCNCC1. The molecule has 1 fully saturated rings. The van der Waals surface area contributed by atoms with Crippen LogP contribution in [0.1, 0.15) is 0 Å². The summed E-state index contributed by atoms with van der Waals surface area (Å²) in [4.78, 5) is 12.2. The number of carbonyl (C=O) groups is 1. The van der Waals surface area contributed by atoms with Gasteiger partial charge >= 0.3 is 0 Å². The lowest BCUT2D eigenvalue weighted by molar-refractivity contribution is 0.215. The number of hydrogen-bond acceptors (Lipinski definition) is 3. The van der Waals surface area contributed by atoms with Gasteiger partial charge in [-0.1, -0.05) is 0 Å². The first-order chi connectivity index (χ1) is 4.30. The molecule has 4 heteroatoms. The number of amides is 1. The highest BCUT2D eigenvalue weighted by molar-refractivity contribution is 7.76. The van der Waals surface area contributed by atoms with Crippen molar-refractivity contribution < 1.29 is 4.79 Å². The smallest absolute Gasteiger partial charge is 0.101 e. The number of carbonyl (C=O) groups excluding carboxylic acids is 1. The fourth-order valence-electron chi connectivity index (χ4n) is 0.847. The van der Waals surface area contributed by atoms with Gasteiger partial charge in [0, 0.05) is 26.2 Å². The molecule has 1 N–H and O–H groups in total. The lowest BCUT2D eigenvalue weighted by Gasteiger charge is -2.30. The van der Waals surface area contributed by atoms with Crippen LogP contribution in [0.4, 0.5) is 4.79 Å². The van der Waals surface area contributed by atoms with Gasteiger partial charge in [-0.2, -0.15) is 0 Å². The number of nitrogens with zero attached hydrogens (tertiary/aromatic N) is 1. The predicted octanol–water partition coefficient (Wildman–Crippen LogP) is -0.442. The van der Waals surface area contributed by atoms with E-state index < -0.39 is 0 Å². The van der Waals surface area contributed by atoms with Gasteiger partial charge in [0.15, 0.2) is 0 Å². The first-order valence-electron chi connectivity index (χ1n) is 2.97. The average molecular weight is 145 g/mol. The van der Waals surface area contributed by atoms with E-state index in [0.717, 1.165) is 26.2 Å². The van der Waals surface area contributed by atoms with E-state index in [-0.39, 0.29) is 5.24 Å². The highest BCUT2D eigenvalue weighted by Gasteiger charge is 2.06. The molecular weight excluding hydrogens is 136 g/mol. The zero-order valence-corrected chi connectivity index (χ0v) is 5.91. The van der Waals surface area contributed by atoms with Gasteiger partial charge in [-0.25, -0.2) is 0 Å². The second-order valence-electron chi connectivity index (χ2n) is 2.00. The summed E-state index contributed by atoms with van der Waals surface area (Å²) in [5, 5.41) is 2.90. The molecule has 0 aromatic heterocycles. The lowest BCUT2D eigenvalue weighted by atomic mass is 10.4. The van der Waals surface area contributed by atoms with Gasteiger partial charge < -0.3 is 27.6 Å². The Morgan fingerprint density at radius 1 is 1.44 bits per heavy atom. The summed E-state index contributed by atoms with van der Waals surface area (Å²) in [5.41, 5.74) is 0. The summed E-state index contributed by atoms with van der Waals surface area (Å²) in [7, 11) is 0. The van der Waals surface area contributed by atoms with Crippen LogP contribution in [0.2, 0.25) is 0 Å². The van der Waals surface area contributed by atoms with Crippen molar-refractivity contribution >= 4 is 17.9 Å². The number of rotatable bonds is 0. The maximum absolute atomic E-state index is 10.5. The molecular formula is C5H9N2OS-. The molecule has 0 atom stereocenters. The second kappa shape index (κ2) is 2.98. The van der Waals surface area contributed by atoms with E-state index in [4.69, 9.17) is 0 Å². The van der Waals surface area contributed by atoms with Crippen molar-refractivity contribution in [2.75, 3.05) is 26.2 Å². The topological polar surface area (TPSA) is 32.3 Å². The summed E-state index contributed by atoms with van der Waals surface area (Å²) in [6, 6.07) is 0. The summed E-state index contributed by atoms with van der Waals surface area (Å²) >= 11 is 4.46. The van der Waals surface area contributed by atoms with E-state index in [1.165, 1.54) is 0 Å². The average Bonchev–Trinajstić information content (AvgIpc) is 1.90. The van der Waals surface area contributed by atoms with Crippen molar-refractivity contribution in [1.29, 1.82) is 0 Å². The minimum atomic E-state index is -0.225. The van der Waals surface area contributed by atoms with Crippen LogP contribution in [0.15, 0.2) is 0 Å². The number of nitrogens with one attached hydrogen (secondary N) is 1. The van der Waals surface area contributed by atoms with E-state index in [2.05, 4.69) is 17.9 Å². The molecule has 0 radical (unpaired) electrons. The number of piperazine rings is 1. The highest BCUT2D eigenvalue weighted by Crippen LogP contribution is 1.91. The van der Waals surface area contributed by atoms with Crippen molar-refractivity contribution in [1.82, 2.24) is 10.2 Å². The standard InChI is InChI=1S/C5H10N2OS/c8-5(9)7-3-1-6-2-4-7/h6H,1-4H2,(H,8,9)/p-1. The number of hydrogen-bond donors (Lipinski definition) is 1. The molecule has 0 saturated carbocycles. The maximum Gasteiger partial charge on any atom is 0.101 e. The fourth-order valence-corrected chi connectivity index (χ4v) is 1.03. The Kier molecular flexibility index (Phi) is 2.24. The van der Waals surface area contributed by atoms with E-state index >= 15 is 0 Å². The Bertz CT molecular complexity index is 112. The molecule has 0 aromatic rings. The molecule has 52 valence electrons. The van der Waals surface area contributed by atoms with Crippen molar-refractivity contribution in [2.45, 2.75) is 0 Å². The van der Waals surface area contributed by atoms with Crippen molar-refractivity contribution in [3.8, 4) is 0 Å². The molecule has 0 bridgehead atoms. The Morgan fingerprint density at radius 2 is 2.00 bits per heavy atom. The quantitative estimate of drug-likeness (QED) is 0.469. The van der Waals surface area contributed by atoms with Gasteiger partial charge in [-0.05, 0) is 0 Å². The lowest BCUT2D eigenvalue weighted by Crippen LogP contribution is -2.45. The summed E-state index contributed by atoms with van der Waals surface area (Å²) < 4.78 is 0. The normalized spacial score (nSPS) is 19.8. The largest absolute Gasteiger partial charge is 0.719 e. The van der Waals surface area contributed by atoms with Crippen LogP contribution in [0.5, 0.6) is 0 Å².